The monoisotopic (exact) mass is 258 g/mol. The summed E-state index contributed by atoms with van der Waals surface area (Å²) < 4.78 is 0.915. The van der Waals surface area contributed by atoms with Gasteiger partial charge in [0.25, 0.3) is 5.91 Å². The minimum absolute atomic E-state index is 0.0293. The van der Waals surface area contributed by atoms with E-state index in [1.807, 2.05) is 0 Å². The van der Waals surface area contributed by atoms with E-state index in [2.05, 4.69) is 26.2 Å². The van der Waals surface area contributed by atoms with Gasteiger partial charge in [-0.3, -0.25) is 10.2 Å². The molecule has 108 valence electrons. The quantitative estimate of drug-likeness (QED) is 0.258. The molecule has 0 aromatic heterocycles. The Labute approximate surface area is 112 Å². The fourth-order valence-electron chi connectivity index (χ4n) is 2.40. The number of nitrogens with two attached hydrogens (primary N) is 1. The first-order chi connectivity index (χ1) is 8.64. The highest BCUT2D eigenvalue weighted by Gasteiger charge is 2.28. The molecule has 0 aliphatic rings. The van der Waals surface area contributed by atoms with E-state index in [0.29, 0.717) is 6.54 Å². The second kappa shape index (κ2) is 10.3. The first kappa shape index (κ1) is 17.4. The van der Waals surface area contributed by atoms with Crippen LogP contribution in [0.2, 0.25) is 0 Å². The Morgan fingerprint density at radius 1 is 0.944 bits per heavy atom. The first-order valence-corrected chi connectivity index (χ1v) is 7.48. The van der Waals surface area contributed by atoms with Crippen LogP contribution in [-0.2, 0) is 4.79 Å². The van der Waals surface area contributed by atoms with Gasteiger partial charge in [-0.25, -0.2) is 5.84 Å². The van der Waals surface area contributed by atoms with Gasteiger partial charge in [-0.1, -0.05) is 40.0 Å². The number of carbonyl (C=O) groups is 1. The third-order valence-corrected chi connectivity index (χ3v) is 3.60. The van der Waals surface area contributed by atoms with Crippen LogP contribution in [-0.4, -0.2) is 36.6 Å². The molecule has 1 amide bonds. The van der Waals surface area contributed by atoms with Crippen LogP contribution in [0.1, 0.15) is 59.3 Å². The standard InChI is InChI=1S/C14H31N3O/c1-4-7-10-17(11-8-5-2,12-9-6-3)13-14(18)16-15/h4-13,15H2,1-3H3/p+1. The van der Waals surface area contributed by atoms with Gasteiger partial charge in [0.05, 0.1) is 19.6 Å². The van der Waals surface area contributed by atoms with Gasteiger partial charge < -0.3 is 4.48 Å². The van der Waals surface area contributed by atoms with Gasteiger partial charge in [0, 0.05) is 0 Å². The van der Waals surface area contributed by atoms with E-state index in [4.69, 9.17) is 5.84 Å². The molecule has 0 saturated heterocycles. The number of quaternary nitrogens is 1. The maximum Gasteiger partial charge on any atom is 0.289 e. The minimum Gasteiger partial charge on any atom is -0.316 e. The van der Waals surface area contributed by atoms with E-state index in [0.717, 1.165) is 24.1 Å². The largest absolute Gasteiger partial charge is 0.316 e. The van der Waals surface area contributed by atoms with Crippen LogP contribution in [0.4, 0.5) is 0 Å². The van der Waals surface area contributed by atoms with E-state index in [-0.39, 0.29) is 5.91 Å². The number of hydrogen-bond donors (Lipinski definition) is 2. The number of nitrogens with zero attached hydrogens (tertiary/aromatic N) is 1. The molecule has 4 heteroatoms. The van der Waals surface area contributed by atoms with E-state index < -0.39 is 0 Å². The zero-order chi connectivity index (χ0) is 13.9. The van der Waals surface area contributed by atoms with E-state index in [1.165, 1.54) is 38.5 Å². The smallest absolute Gasteiger partial charge is 0.289 e. The summed E-state index contributed by atoms with van der Waals surface area (Å²) in [5.74, 6) is 5.23. The van der Waals surface area contributed by atoms with Crippen LogP contribution in [0.5, 0.6) is 0 Å². The molecule has 0 aliphatic heterocycles. The summed E-state index contributed by atoms with van der Waals surface area (Å²) in [5.41, 5.74) is 2.29. The Balaban J connectivity index is 4.66. The number of carbonyl (C=O) groups excluding carboxylic acids is 1. The number of rotatable bonds is 11. The van der Waals surface area contributed by atoms with Crippen LogP contribution >= 0.6 is 0 Å². The van der Waals surface area contributed by atoms with Crippen molar-refractivity contribution in [2.45, 2.75) is 59.3 Å². The number of hydrazine groups is 1. The summed E-state index contributed by atoms with van der Waals surface area (Å²) in [6.07, 6.45) is 7.11. The molecular formula is C14H32N3O+. The molecule has 0 saturated carbocycles. The highest BCUT2D eigenvalue weighted by atomic mass is 16.2. The average Bonchev–Trinajstić information content (AvgIpc) is 2.40. The zero-order valence-corrected chi connectivity index (χ0v) is 12.5. The fraction of sp³-hybridized carbons (Fsp3) is 0.929. The van der Waals surface area contributed by atoms with Gasteiger partial charge >= 0.3 is 0 Å². The molecule has 0 heterocycles. The van der Waals surface area contributed by atoms with Crippen molar-refractivity contribution >= 4 is 5.91 Å². The topological polar surface area (TPSA) is 55.1 Å². The molecule has 0 unspecified atom stereocenters. The lowest BCUT2D eigenvalue weighted by Crippen LogP contribution is -2.56. The second-order valence-electron chi connectivity index (χ2n) is 5.30. The Bertz CT molecular complexity index is 197. The predicted octanol–water partition coefficient (Wildman–Crippen LogP) is 2.19. The van der Waals surface area contributed by atoms with Gasteiger partial charge in [-0.2, -0.15) is 0 Å². The summed E-state index contributed by atoms with van der Waals surface area (Å²) in [6, 6.07) is 0. The second-order valence-corrected chi connectivity index (χ2v) is 5.30. The molecule has 0 rings (SSSR count). The Kier molecular flexibility index (Phi) is 9.98. The number of hydrogen-bond acceptors (Lipinski definition) is 2. The van der Waals surface area contributed by atoms with Crippen molar-refractivity contribution in [3.8, 4) is 0 Å². The van der Waals surface area contributed by atoms with Crippen LogP contribution in [0, 0.1) is 0 Å². The van der Waals surface area contributed by atoms with Crippen molar-refractivity contribution in [3.05, 3.63) is 0 Å². The summed E-state index contributed by atoms with van der Waals surface area (Å²) in [4.78, 5) is 11.7. The average molecular weight is 258 g/mol. The van der Waals surface area contributed by atoms with Crippen molar-refractivity contribution in [3.63, 3.8) is 0 Å². The molecular weight excluding hydrogens is 226 g/mol. The molecule has 0 fully saturated rings. The summed E-state index contributed by atoms with van der Waals surface area (Å²) in [6.45, 7) is 10.5. The van der Waals surface area contributed by atoms with Crippen LogP contribution in [0.25, 0.3) is 0 Å². The van der Waals surface area contributed by atoms with E-state index in [1.54, 1.807) is 0 Å². The van der Waals surface area contributed by atoms with Gasteiger partial charge in [0.1, 0.15) is 0 Å². The zero-order valence-electron chi connectivity index (χ0n) is 12.5. The van der Waals surface area contributed by atoms with Gasteiger partial charge in [-0.05, 0) is 19.3 Å². The molecule has 0 radical (unpaired) electrons. The third kappa shape index (κ3) is 6.97. The number of amides is 1. The highest BCUT2D eigenvalue weighted by molar-refractivity contribution is 5.76. The van der Waals surface area contributed by atoms with Gasteiger partial charge in [0.15, 0.2) is 6.54 Å². The lowest BCUT2D eigenvalue weighted by molar-refractivity contribution is -0.921. The fourth-order valence-corrected chi connectivity index (χ4v) is 2.40. The predicted molar refractivity (Wildman–Crippen MR) is 76.8 cm³/mol. The minimum atomic E-state index is -0.0293. The van der Waals surface area contributed by atoms with Crippen molar-refractivity contribution in [2.24, 2.45) is 5.84 Å². The van der Waals surface area contributed by atoms with E-state index in [9.17, 15) is 4.79 Å². The molecule has 0 aliphatic carbocycles. The van der Waals surface area contributed by atoms with Gasteiger partial charge in [-0.15, -0.1) is 0 Å². The van der Waals surface area contributed by atoms with E-state index >= 15 is 0 Å². The lowest BCUT2D eigenvalue weighted by atomic mass is 10.1. The summed E-state index contributed by atoms with van der Waals surface area (Å²) in [5, 5.41) is 0. The maximum absolute atomic E-state index is 11.7. The Morgan fingerprint density at radius 2 is 1.33 bits per heavy atom. The third-order valence-electron chi connectivity index (χ3n) is 3.60. The number of nitrogens with one attached hydrogen (secondary N) is 1. The highest BCUT2D eigenvalue weighted by Crippen LogP contribution is 2.14. The molecule has 0 bridgehead atoms. The number of unbranched alkanes of at least 4 members (excludes halogenated alkanes) is 3. The molecule has 0 aromatic rings. The molecule has 0 spiro atoms. The molecule has 0 aromatic carbocycles. The van der Waals surface area contributed by atoms with Crippen molar-refractivity contribution in [1.29, 1.82) is 0 Å². The first-order valence-electron chi connectivity index (χ1n) is 7.48. The summed E-state index contributed by atoms with van der Waals surface area (Å²) in [7, 11) is 0. The Morgan fingerprint density at radius 3 is 1.61 bits per heavy atom. The van der Waals surface area contributed by atoms with Crippen molar-refractivity contribution in [1.82, 2.24) is 5.43 Å². The normalized spacial score (nSPS) is 11.6. The Hall–Kier alpha value is -0.610. The molecule has 18 heavy (non-hydrogen) atoms. The van der Waals surface area contributed by atoms with Crippen molar-refractivity contribution < 1.29 is 9.28 Å². The lowest BCUT2D eigenvalue weighted by Gasteiger charge is -2.38. The van der Waals surface area contributed by atoms with Crippen LogP contribution in [0.3, 0.4) is 0 Å². The summed E-state index contributed by atoms with van der Waals surface area (Å²) >= 11 is 0. The van der Waals surface area contributed by atoms with Crippen LogP contribution < -0.4 is 11.3 Å². The molecule has 4 nitrogen and oxygen atoms in total. The molecule has 3 N–H and O–H groups in total. The SMILES string of the molecule is CCCC[N+](CCCC)(CCCC)CC(=O)NN. The van der Waals surface area contributed by atoms with Crippen LogP contribution in [0.15, 0.2) is 0 Å². The van der Waals surface area contributed by atoms with Gasteiger partial charge in [0.2, 0.25) is 0 Å². The molecule has 0 atom stereocenters. The maximum atomic E-state index is 11.7. The van der Waals surface area contributed by atoms with Crippen molar-refractivity contribution in [2.75, 3.05) is 26.2 Å².